The van der Waals surface area contributed by atoms with Crippen LogP contribution in [-0.4, -0.2) is 28.1 Å². The van der Waals surface area contributed by atoms with Gasteiger partial charge in [0.25, 0.3) is 0 Å². The quantitative estimate of drug-likeness (QED) is 0.785. The normalized spacial score (nSPS) is 11.0. The lowest BCUT2D eigenvalue weighted by Gasteiger charge is -2.12. The fourth-order valence-corrected chi connectivity index (χ4v) is 2.72. The van der Waals surface area contributed by atoms with Crippen molar-refractivity contribution in [2.45, 2.75) is 47.3 Å². The fraction of sp³-hybridized carbons (Fsp3) is 0.500. The van der Waals surface area contributed by atoms with E-state index in [2.05, 4.69) is 35.5 Å². The van der Waals surface area contributed by atoms with Crippen LogP contribution >= 0.6 is 0 Å². The molecule has 0 unspecified atom stereocenters. The van der Waals surface area contributed by atoms with Crippen molar-refractivity contribution in [3.63, 3.8) is 0 Å². The number of rotatable bonds is 8. The number of benzene rings is 1. The lowest BCUT2D eigenvalue weighted by atomic mass is 10.1. The zero-order valence-corrected chi connectivity index (χ0v) is 14.5. The Hall–Kier alpha value is -1.85. The Morgan fingerprint density at radius 3 is 2.70 bits per heavy atom. The van der Waals surface area contributed by atoms with Crippen LogP contribution in [0.2, 0.25) is 0 Å². The first-order valence-electron chi connectivity index (χ1n) is 8.13. The molecule has 0 atom stereocenters. The largest absolute Gasteiger partial charge is 0.494 e. The van der Waals surface area contributed by atoms with Crippen LogP contribution in [0.1, 0.15) is 35.0 Å². The Labute approximate surface area is 138 Å². The standard InChI is InChI=1S/C18H27N3O2/c1-5-23-18-10-13(2)6-7-16(18)11-19-12-17-14(3)20-21(8-9-22)15(17)4/h6-7,10,19,22H,5,8-9,11-12H2,1-4H3. The molecule has 126 valence electrons. The summed E-state index contributed by atoms with van der Waals surface area (Å²) < 4.78 is 7.58. The molecule has 5 nitrogen and oxygen atoms in total. The van der Waals surface area contributed by atoms with Crippen molar-refractivity contribution in [3.8, 4) is 5.75 Å². The van der Waals surface area contributed by atoms with Gasteiger partial charge in [0.2, 0.25) is 0 Å². The average Bonchev–Trinajstić information content (AvgIpc) is 2.77. The van der Waals surface area contributed by atoms with Crippen molar-refractivity contribution in [2.75, 3.05) is 13.2 Å². The van der Waals surface area contributed by atoms with Crippen LogP contribution in [0.5, 0.6) is 5.75 Å². The van der Waals surface area contributed by atoms with E-state index in [1.807, 2.05) is 25.5 Å². The third kappa shape index (κ3) is 4.33. The summed E-state index contributed by atoms with van der Waals surface area (Å²) in [5.74, 6) is 0.949. The molecule has 1 heterocycles. The van der Waals surface area contributed by atoms with E-state index in [1.165, 1.54) is 11.1 Å². The van der Waals surface area contributed by atoms with Gasteiger partial charge in [0.15, 0.2) is 0 Å². The highest BCUT2D eigenvalue weighted by Crippen LogP contribution is 2.21. The third-order valence-electron chi connectivity index (χ3n) is 3.98. The van der Waals surface area contributed by atoms with Crippen LogP contribution in [-0.2, 0) is 19.6 Å². The van der Waals surface area contributed by atoms with Crippen molar-refractivity contribution in [1.29, 1.82) is 0 Å². The van der Waals surface area contributed by atoms with Gasteiger partial charge in [-0.1, -0.05) is 12.1 Å². The van der Waals surface area contributed by atoms with Gasteiger partial charge in [-0.25, -0.2) is 0 Å². The molecule has 5 heteroatoms. The van der Waals surface area contributed by atoms with E-state index in [0.717, 1.165) is 35.8 Å². The van der Waals surface area contributed by atoms with Gasteiger partial charge < -0.3 is 15.2 Å². The summed E-state index contributed by atoms with van der Waals surface area (Å²) in [7, 11) is 0. The summed E-state index contributed by atoms with van der Waals surface area (Å²) in [4.78, 5) is 0. The lowest BCUT2D eigenvalue weighted by Crippen LogP contribution is -2.15. The molecule has 0 amide bonds. The van der Waals surface area contributed by atoms with Gasteiger partial charge in [-0.2, -0.15) is 5.10 Å². The molecule has 0 aliphatic carbocycles. The molecule has 23 heavy (non-hydrogen) atoms. The van der Waals surface area contributed by atoms with Crippen molar-refractivity contribution < 1.29 is 9.84 Å². The first-order chi connectivity index (χ1) is 11.1. The summed E-state index contributed by atoms with van der Waals surface area (Å²) in [6.07, 6.45) is 0. The van der Waals surface area contributed by atoms with E-state index in [4.69, 9.17) is 9.84 Å². The molecule has 0 spiro atoms. The lowest BCUT2D eigenvalue weighted by molar-refractivity contribution is 0.267. The summed E-state index contributed by atoms with van der Waals surface area (Å²) >= 11 is 0. The molecule has 2 aromatic rings. The molecule has 0 fully saturated rings. The first kappa shape index (κ1) is 17.5. The SMILES string of the molecule is CCOc1cc(C)ccc1CNCc1c(C)nn(CCO)c1C. The van der Waals surface area contributed by atoms with Crippen LogP contribution in [0, 0.1) is 20.8 Å². The topological polar surface area (TPSA) is 59.3 Å². The molecular formula is C18H27N3O2. The van der Waals surface area contributed by atoms with Gasteiger partial charge in [-0.3, -0.25) is 4.68 Å². The van der Waals surface area contributed by atoms with Crippen LogP contribution in [0.25, 0.3) is 0 Å². The Balaban J connectivity index is 2.03. The minimum atomic E-state index is 0.107. The summed E-state index contributed by atoms with van der Waals surface area (Å²) in [6.45, 7) is 10.9. The molecule has 0 radical (unpaired) electrons. The monoisotopic (exact) mass is 317 g/mol. The molecule has 2 N–H and O–H groups in total. The molecule has 2 rings (SSSR count). The number of aromatic nitrogens is 2. The van der Waals surface area contributed by atoms with E-state index >= 15 is 0 Å². The summed E-state index contributed by atoms with van der Waals surface area (Å²) in [5, 5.41) is 17.0. The second-order valence-electron chi connectivity index (χ2n) is 5.74. The molecule has 0 aliphatic rings. The number of nitrogens with zero attached hydrogens (tertiary/aromatic N) is 2. The van der Waals surface area contributed by atoms with Crippen molar-refractivity contribution >= 4 is 0 Å². The Morgan fingerprint density at radius 1 is 1.22 bits per heavy atom. The summed E-state index contributed by atoms with van der Waals surface area (Å²) in [6, 6.07) is 6.30. The smallest absolute Gasteiger partial charge is 0.124 e. The molecule has 1 aromatic heterocycles. The van der Waals surface area contributed by atoms with Gasteiger partial charge >= 0.3 is 0 Å². The maximum absolute atomic E-state index is 9.08. The van der Waals surface area contributed by atoms with Gasteiger partial charge in [0.1, 0.15) is 5.75 Å². The number of aliphatic hydroxyl groups excluding tert-OH is 1. The Bertz CT molecular complexity index is 650. The number of ether oxygens (including phenoxy) is 1. The highest BCUT2D eigenvalue weighted by atomic mass is 16.5. The molecule has 0 bridgehead atoms. The van der Waals surface area contributed by atoms with Crippen molar-refractivity contribution in [1.82, 2.24) is 15.1 Å². The number of aliphatic hydroxyl groups is 1. The zero-order valence-electron chi connectivity index (χ0n) is 14.5. The Kier molecular flexibility index (Phi) is 6.19. The van der Waals surface area contributed by atoms with Gasteiger partial charge in [0.05, 0.1) is 25.5 Å². The minimum absolute atomic E-state index is 0.107. The first-order valence-corrected chi connectivity index (χ1v) is 8.13. The molecular weight excluding hydrogens is 290 g/mol. The Morgan fingerprint density at radius 2 is 2.00 bits per heavy atom. The molecule has 0 saturated heterocycles. The average molecular weight is 317 g/mol. The van der Waals surface area contributed by atoms with Crippen LogP contribution in [0.15, 0.2) is 18.2 Å². The van der Waals surface area contributed by atoms with E-state index < -0.39 is 0 Å². The van der Waals surface area contributed by atoms with Gasteiger partial charge in [-0.15, -0.1) is 0 Å². The summed E-state index contributed by atoms with van der Waals surface area (Å²) in [5.41, 5.74) is 5.68. The van der Waals surface area contributed by atoms with Crippen molar-refractivity contribution in [2.24, 2.45) is 0 Å². The number of hydrogen-bond donors (Lipinski definition) is 2. The van der Waals surface area contributed by atoms with Crippen molar-refractivity contribution in [3.05, 3.63) is 46.3 Å². The molecule has 1 aromatic carbocycles. The number of nitrogens with one attached hydrogen (secondary N) is 1. The van der Waals surface area contributed by atoms with E-state index in [1.54, 1.807) is 0 Å². The molecule has 0 aliphatic heterocycles. The predicted molar refractivity (Wildman–Crippen MR) is 91.7 cm³/mol. The third-order valence-corrected chi connectivity index (χ3v) is 3.98. The van der Waals surface area contributed by atoms with Crippen LogP contribution < -0.4 is 10.1 Å². The molecule has 0 saturated carbocycles. The minimum Gasteiger partial charge on any atom is -0.494 e. The maximum atomic E-state index is 9.08. The fourth-order valence-electron chi connectivity index (χ4n) is 2.72. The van der Waals surface area contributed by atoms with E-state index in [9.17, 15) is 0 Å². The number of hydrogen-bond acceptors (Lipinski definition) is 4. The second-order valence-corrected chi connectivity index (χ2v) is 5.74. The zero-order chi connectivity index (χ0) is 16.8. The van der Waals surface area contributed by atoms with Crippen LogP contribution in [0.3, 0.4) is 0 Å². The second kappa shape index (κ2) is 8.13. The predicted octanol–water partition coefficient (Wildman–Crippen LogP) is 2.49. The highest BCUT2D eigenvalue weighted by molar-refractivity contribution is 5.37. The van der Waals surface area contributed by atoms with Crippen LogP contribution in [0.4, 0.5) is 0 Å². The highest BCUT2D eigenvalue weighted by Gasteiger charge is 2.11. The van der Waals surface area contributed by atoms with E-state index in [0.29, 0.717) is 13.2 Å². The maximum Gasteiger partial charge on any atom is 0.124 e. The number of aryl methyl sites for hydroxylation is 2. The van der Waals surface area contributed by atoms with Gasteiger partial charge in [-0.05, 0) is 39.3 Å². The van der Waals surface area contributed by atoms with E-state index in [-0.39, 0.29) is 6.61 Å². The van der Waals surface area contributed by atoms with Gasteiger partial charge in [0, 0.05) is 29.9 Å².